The van der Waals surface area contributed by atoms with Gasteiger partial charge >= 0.3 is 0 Å². The molecule has 2 unspecified atom stereocenters. The summed E-state index contributed by atoms with van der Waals surface area (Å²) in [6.07, 6.45) is -1.32. The molecule has 0 aliphatic carbocycles. The number of halogens is 2. The van der Waals surface area contributed by atoms with Gasteiger partial charge < -0.3 is 20.1 Å². The number of aliphatic hydroxyl groups excluding tert-OH is 3. The first kappa shape index (κ1) is 25.5. The van der Waals surface area contributed by atoms with Gasteiger partial charge in [-0.2, -0.15) is 0 Å². The molecule has 0 fully saturated rings. The van der Waals surface area contributed by atoms with Crippen LogP contribution in [0, 0.1) is 5.82 Å². The van der Waals surface area contributed by atoms with E-state index in [4.69, 9.17) is 22.2 Å². The fraction of sp³-hybridized carbons (Fsp3) is 0.478. The third-order valence-electron chi connectivity index (χ3n) is 5.41. The van der Waals surface area contributed by atoms with Crippen LogP contribution in [0.4, 0.5) is 4.39 Å². The van der Waals surface area contributed by atoms with Crippen LogP contribution in [0.25, 0.3) is 0 Å². The van der Waals surface area contributed by atoms with Gasteiger partial charge in [-0.15, -0.1) is 11.6 Å². The van der Waals surface area contributed by atoms with Crippen LogP contribution >= 0.6 is 11.6 Å². The molecule has 8 heteroatoms. The van der Waals surface area contributed by atoms with E-state index in [2.05, 4.69) is 5.43 Å². The van der Waals surface area contributed by atoms with Gasteiger partial charge in [-0.1, -0.05) is 44.2 Å². The lowest BCUT2D eigenvalue weighted by atomic mass is 9.77. The Labute approximate surface area is 187 Å². The molecule has 0 radical (unpaired) electrons. The lowest BCUT2D eigenvalue weighted by Crippen LogP contribution is -2.32. The number of ether oxygens (including phenoxy) is 1. The van der Waals surface area contributed by atoms with Gasteiger partial charge in [0.15, 0.2) is 11.6 Å². The smallest absolute Gasteiger partial charge is 0.165 e. The third-order valence-corrected chi connectivity index (χ3v) is 5.76. The molecule has 31 heavy (non-hydrogen) atoms. The lowest BCUT2D eigenvalue weighted by molar-refractivity contribution is 0.113. The Morgan fingerprint density at radius 2 is 1.68 bits per heavy atom. The van der Waals surface area contributed by atoms with Crippen molar-refractivity contribution in [1.29, 1.82) is 0 Å². The van der Waals surface area contributed by atoms with E-state index in [1.165, 1.54) is 6.07 Å². The van der Waals surface area contributed by atoms with Gasteiger partial charge in [0.05, 0.1) is 18.1 Å². The lowest BCUT2D eigenvalue weighted by Gasteiger charge is -2.27. The molecule has 0 saturated heterocycles. The Hall–Kier alpha value is -1.74. The molecule has 6 nitrogen and oxygen atoms in total. The van der Waals surface area contributed by atoms with Crippen molar-refractivity contribution < 1.29 is 24.4 Å². The summed E-state index contributed by atoms with van der Waals surface area (Å²) in [5.74, 6) is 4.76. The highest BCUT2D eigenvalue weighted by atomic mass is 35.5. The predicted molar refractivity (Wildman–Crippen MR) is 120 cm³/mol. The molecule has 0 bridgehead atoms. The van der Waals surface area contributed by atoms with Gasteiger partial charge in [0.1, 0.15) is 12.7 Å². The highest BCUT2D eigenvalue weighted by molar-refractivity contribution is 6.18. The second kappa shape index (κ2) is 11.8. The van der Waals surface area contributed by atoms with Gasteiger partial charge in [0, 0.05) is 12.0 Å². The monoisotopic (exact) mass is 454 g/mol. The summed E-state index contributed by atoms with van der Waals surface area (Å²) in [6, 6.07) is 12.3. The van der Waals surface area contributed by atoms with Crippen molar-refractivity contribution >= 4 is 11.6 Å². The number of nitrogens with one attached hydrogen (secondary N) is 1. The fourth-order valence-electron chi connectivity index (χ4n) is 3.28. The number of hydrogen-bond acceptors (Lipinski definition) is 6. The number of aliphatic hydroxyl groups is 3. The average Bonchev–Trinajstić information content (AvgIpc) is 2.76. The maximum absolute atomic E-state index is 14.5. The number of nitrogens with two attached hydrogens (primary N) is 1. The van der Waals surface area contributed by atoms with E-state index in [1.807, 2.05) is 38.1 Å². The zero-order valence-corrected chi connectivity index (χ0v) is 18.6. The quantitative estimate of drug-likeness (QED) is 0.192. The first-order chi connectivity index (χ1) is 14.7. The van der Waals surface area contributed by atoms with Crippen molar-refractivity contribution in [2.75, 3.05) is 19.0 Å². The van der Waals surface area contributed by atoms with Crippen molar-refractivity contribution in [3.63, 3.8) is 0 Å². The second-order valence-corrected chi connectivity index (χ2v) is 8.48. The van der Waals surface area contributed by atoms with Crippen molar-refractivity contribution in [2.45, 2.75) is 50.4 Å². The van der Waals surface area contributed by atoms with Crippen LogP contribution in [-0.2, 0) is 5.41 Å². The van der Waals surface area contributed by atoms with Gasteiger partial charge in [-0.05, 0) is 41.7 Å². The van der Waals surface area contributed by atoms with E-state index in [-0.39, 0.29) is 24.8 Å². The normalized spacial score (nSPS) is 14.8. The number of alkyl halides is 1. The maximum atomic E-state index is 14.5. The number of hydrogen-bond donors (Lipinski definition) is 5. The summed E-state index contributed by atoms with van der Waals surface area (Å²) in [4.78, 5) is 0. The van der Waals surface area contributed by atoms with E-state index in [0.29, 0.717) is 12.8 Å². The summed E-state index contributed by atoms with van der Waals surface area (Å²) in [5.41, 5.74) is 4.40. The number of benzene rings is 2. The molecule has 2 aromatic rings. The SMILES string of the molecule is CC(C)(c1ccc([C@H](O)CCC(O)CNN)cc1)c1ccc(OCC(O)CCl)c(F)c1. The summed E-state index contributed by atoms with van der Waals surface area (Å²) in [5, 5.41) is 29.6. The number of rotatable bonds is 12. The summed E-state index contributed by atoms with van der Waals surface area (Å²) in [6.45, 7) is 4.17. The topological polar surface area (TPSA) is 108 Å². The molecular formula is C23H32ClFN2O4. The fourth-order valence-corrected chi connectivity index (χ4v) is 3.37. The van der Waals surface area contributed by atoms with Crippen LogP contribution in [0.15, 0.2) is 42.5 Å². The molecule has 2 aromatic carbocycles. The molecule has 0 aliphatic heterocycles. The summed E-state index contributed by atoms with van der Waals surface area (Å²) < 4.78 is 19.8. The van der Waals surface area contributed by atoms with E-state index in [1.54, 1.807) is 12.1 Å². The van der Waals surface area contributed by atoms with Gasteiger partial charge in [0.25, 0.3) is 0 Å². The van der Waals surface area contributed by atoms with Crippen LogP contribution in [0.2, 0.25) is 0 Å². The van der Waals surface area contributed by atoms with Crippen LogP contribution < -0.4 is 16.0 Å². The molecule has 6 N–H and O–H groups in total. The Kier molecular flexibility index (Phi) is 9.68. The van der Waals surface area contributed by atoms with Crippen LogP contribution in [-0.4, -0.2) is 46.6 Å². The average molecular weight is 455 g/mol. The molecule has 0 heterocycles. The summed E-state index contributed by atoms with van der Waals surface area (Å²) >= 11 is 5.53. The minimum atomic E-state index is -0.855. The minimum Gasteiger partial charge on any atom is -0.488 e. The van der Waals surface area contributed by atoms with Crippen molar-refractivity contribution in [2.24, 2.45) is 5.84 Å². The van der Waals surface area contributed by atoms with Crippen LogP contribution in [0.3, 0.4) is 0 Å². The van der Waals surface area contributed by atoms with Crippen molar-refractivity contribution in [3.05, 3.63) is 65.0 Å². The molecule has 0 amide bonds. The van der Waals surface area contributed by atoms with Gasteiger partial charge in [-0.25, -0.2) is 4.39 Å². The molecule has 0 aromatic heterocycles. The standard InChI is InChI=1S/C23H32ClFN2O4/c1-23(2,17-7-10-22(20(25)11-17)31-14-19(29)12-24)16-5-3-15(4-6-16)21(30)9-8-18(28)13-27-26/h3-7,10-11,18-19,21,27-30H,8-9,12-14,26H2,1-2H3/t18?,19?,21-/m1/s1. The van der Waals surface area contributed by atoms with Crippen LogP contribution in [0.5, 0.6) is 5.75 Å². The highest BCUT2D eigenvalue weighted by Gasteiger charge is 2.25. The van der Waals surface area contributed by atoms with Crippen LogP contribution in [0.1, 0.15) is 49.5 Å². The first-order valence-electron chi connectivity index (χ1n) is 10.3. The zero-order valence-electron chi connectivity index (χ0n) is 17.9. The molecule has 172 valence electrons. The number of hydrazine groups is 1. The molecule has 0 spiro atoms. The molecular weight excluding hydrogens is 423 g/mol. The van der Waals surface area contributed by atoms with Gasteiger partial charge in [0.2, 0.25) is 0 Å². The highest BCUT2D eigenvalue weighted by Crippen LogP contribution is 2.34. The largest absolute Gasteiger partial charge is 0.488 e. The van der Waals surface area contributed by atoms with E-state index in [9.17, 15) is 19.7 Å². The van der Waals surface area contributed by atoms with E-state index in [0.717, 1.165) is 16.7 Å². The maximum Gasteiger partial charge on any atom is 0.165 e. The molecule has 0 saturated carbocycles. The summed E-state index contributed by atoms with van der Waals surface area (Å²) in [7, 11) is 0. The van der Waals surface area contributed by atoms with Gasteiger partial charge in [-0.3, -0.25) is 11.3 Å². The predicted octanol–water partition coefficient (Wildman–Crippen LogP) is 2.77. The Morgan fingerprint density at radius 3 is 2.26 bits per heavy atom. The Bertz CT molecular complexity index is 820. The molecule has 2 rings (SSSR count). The van der Waals surface area contributed by atoms with Crippen molar-refractivity contribution in [3.8, 4) is 5.75 Å². The zero-order chi connectivity index (χ0) is 23.0. The van der Waals surface area contributed by atoms with E-state index >= 15 is 0 Å². The molecule has 0 aliphatic rings. The van der Waals surface area contributed by atoms with E-state index < -0.39 is 29.5 Å². The minimum absolute atomic E-state index is 0.0168. The Balaban J connectivity index is 2.08. The molecule has 3 atom stereocenters. The Morgan fingerprint density at radius 1 is 1.03 bits per heavy atom. The second-order valence-electron chi connectivity index (χ2n) is 8.17. The third kappa shape index (κ3) is 7.14. The van der Waals surface area contributed by atoms with Crippen molar-refractivity contribution in [1.82, 2.24) is 5.43 Å². The first-order valence-corrected chi connectivity index (χ1v) is 10.8.